The zero-order chi connectivity index (χ0) is 16.8. The second-order valence-corrected chi connectivity index (χ2v) is 6.67. The summed E-state index contributed by atoms with van der Waals surface area (Å²) in [6.07, 6.45) is 5.01. The van der Waals surface area contributed by atoms with Gasteiger partial charge in [-0.05, 0) is 37.1 Å². The van der Waals surface area contributed by atoms with E-state index in [1.165, 1.54) is 12.0 Å². The van der Waals surface area contributed by atoms with E-state index in [2.05, 4.69) is 35.6 Å². The summed E-state index contributed by atoms with van der Waals surface area (Å²) >= 11 is 0. The van der Waals surface area contributed by atoms with Gasteiger partial charge >= 0.3 is 0 Å². The van der Waals surface area contributed by atoms with Crippen molar-refractivity contribution in [3.63, 3.8) is 0 Å². The SMILES string of the molecule is C=Cc1cccc(-c2c(C#N)c(N)nc3c2[C@H]2CC[C@@H](C3)N2C)c1. The van der Waals surface area contributed by atoms with Gasteiger partial charge in [-0.15, -0.1) is 0 Å². The van der Waals surface area contributed by atoms with E-state index in [-0.39, 0.29) is 0 Å². The van der Waals surface area contributed by atoms with Crippen LogP contribution in [-0.4, -0.2) is 23.0 Å². The van der Waals surface area contributed by atoms with Crippen LogP contribution >= 0.6 is 0 Å². The van der Waals surface area contributed by atoms with Crippen LogP contribution < -0.4 is 5.73 Å². The molecule has 2 bridgehead atoms. The normalized spacial score (nSPS) is 22.0. The van der Waals surface area contributed by atoms with Crippen LogP contribution in [0.15, 0.2) is 30.8 Å². The highest BCUT2D eigenvalue weighted by Gasteiger charge is 2.40. The zero-order valence-corrected chi connectivity index (χ0v) is 13.8. The van der Waals surface area contributed by atoms with Crippen molar-refractivity contribution in [2.24, 2.45) is 0 Å². The number of likely N-dealkylation sites (N-methyl/N-ethyl adjacent to an activating group) is 1. The number of rotatable bonds is 2. The molecule has 2 aliphatic heterocycles. The van der Waals surface area contributed by atoms with Gasteiger partial charge in [0.25, 0.3) is 0 Å². The first kappa shape index (κ1) is 14.9. The first-order chi connectivity index (χ1) is 11.6. The van der Waals surface area contributed by atoms with Crippen molar-refractivity contribution in [3.8, 4) is 17.2 Å². The van der Waals surface area contributed by atoms with Crippen LogP contribution in [0.2, 0.25) is 0 Å². The Balaban J connectivity index is 2.04. The first-order valence-corrected chi connectivity index (χ1v) is 8.31. The highest BCUT2D eigenvalue weighted by molar-refractivity contribution is 5.81. The van der Waals surface area contributed by atoms with Gasteiger partial charge in [0, 0.05) is 35.3 Å². The second-order valence-electron chi connectivity index (χ2n) is 6.67. The third-order valence-corrected chi connectivity index (χ3v) is 5.47. The van der Waals surface area contributed by atoms with Gasteiger partial charge in [-0.3, -0.25) is 4.90 Å². The van der Waals surface area contributed by atoms with Crippen molar-refractivity contribution >= 4 is 11.9 Å². The lowest BCUT2D eigenvalue weighted by Gasteiger charge is -2.34. The molecule has 0 unspecified atom stereocenters. The van der Waals surface area contributed by atoms with Crippen LogP contribution in [0, 0.1) is 11.3 Å². The molecular formula is C20H20N4. The average molecular weight is 316 g/mol. The number of hydrogen-bond acceptors (Lipinski definition) is 4. The maximum atomic E-state index is 9.72. The first-order valence-electron chi connectivity index (χ1n) is 8.31. The van der Waals surface area contributed by atoms with Crippen LogP contribution in [0.5, 0.6) is 0 Å². The molecule has 120 valence electrons. The smallest absolute Gasteiger partial charge is 0.142 e. The van der Waals surface area contributed by atoms with E-state index < -0.39 is 0 Å². The summed E-state index contributed by atoms with van der Waals surface area (Å²) in [5.41, 5.74) is 11.9. The third-order valence-electron chi connectivity index (χ3n) is 5.47. The summed E-state index contributed by atoms with van der Waals surface area (Å²) in [5.74, 6) is 0.346. The molecule has 1 saturated heterocycles. The number of hydrogen-bond donors (Lipinski definition) is 1. The molecule has 0 spiro atoms. The molecule has 1 aromatic heterocycles. The Bertz CT molecular complexity index is 878. The van der Waals surface area contributed by atoms with Gasteiger partial charge in [0.2, 0.25) is 0 Å². The van der Waals surface area contributed by atoms with Gasteiger partial charge in [0.05, 0.1) is 0 Å². The molecule has 2 N–H and O–H groups in total. The minimum Gasteiger partial charge on any atom is -0.383 e. The Morgan fingerprint density at radius 1 is 1.42 bits per heavy atom. The zero-order valence-electron chi connectivity index (χ0n) is 13.8. The Kier molecular flexibility index (Phi) is 3.40. The van der Waals surface area contributed by atoms with Gasteiger partial charge in [-0.1, -0.05) is 30.9 Å². The van der Waals surface area contributed by atoms with Crippen molar-refractivity contribution < 1.29 is 0 Å². The number of anilines is 1. The predicted molar refractivity (Wildman–Crippen MR) is 96.1 cm³/mol. The van der Waals surface area contributed by atoms with Crippen molar-refractivity contribution in [1.82, 2.24) is 9.88 Å². The molecule has 0 radical (unpaired) electrons. The van der Waals surface area contributed by atoms with Gasteiger partial charge in [0.1, 0.15) is 17.5 Å². The molecule has 1 aromatic carbocycles. The molecule has 3 heterocycles. The lowest BCUT2D eigenvalue weighted by molar-refractivity contribution is 0.222. The predicted octanol–water partition coefficient (Wildman–Crippen LogP) is 3.54. The number of benzene rings is 1. The van der Waals surface area contributed by atoms with Crippen LogP contribution in [0.4, 0.5) is 5.82 Å². The Morgan fingerprint density at radius 2 is 2.25 bits per heavy atom. The van der Waals surface area contributed by atoms with Crippen molar-refractivity contribution in [2.45, 2.75) is 31.3 Å². The summed E-state index contributed by atoms with van der Waals surface area (Å²) in [6, 6.07) is 11.3. The summed E-state index contributed by atoms with van der Waals surface area (Å²) in [4.78, 5) is 7.03. The molecular weight excluding hydrogens is 296 g/mol. The maximum absolute atomic E-state index is 9.72. The number of nitriles is 1. The lowest BCUT2D eigenvalue weighted by atomic mass is 9.86. The van der Waals surface area contributed by atoms with Gasteiger partial charge in [-0.2, -0.15) is 5.26 Å². The molecule has 0 amide bonds. The maximum Gasteiger partial charge on any atom is 0.142 e. The number of pyridine rings is 1. The van der Waals surface area contributed by atoms with Crippen LogP contribution in [-0.2, 0) is 6.42 Å². The number of aromatic nitrogens is 1. The van der Waals surface area contributed by atoms with Crippen molar-refractivity contribution in [3.05, 3.63) is 53.2 Å². The van der Waals surface area contributed by atoms with E-state index in [0.717, 1.165) is 35.2 Å². The fourth-order valence-electron chi connectivity index (χ4n) is 4.25. The Hall–Kier alpha value is -2.64. The molecule has 0 saturated carbocycles. The highest BCUT2D eigenvalue weighted by Crippen LogP contribution is 2.47. The molecule has 1 fully saturated rings. The minimum absolute atomic E-state index is 0.321. The average Bonchev–Trinajstić information content (AvgIpc) is 2.83. The molecule has 24 heavy (non-hydrogen) atoms. The standard InChI is InChI=1S/C20H20N4/c1-3-12-5-4-6-13(9-12)18-15(11-21)20(22)23-16-10-14-7-8-17(19(16)18)24(14)2/h3-6,9,14,17H,1,7-8,10H2,2H3,(H2,22,23)/t14-,17+/m0/s1. The number of fused-ring (bicyclic) bond motifs is 4. The third kappa shape index (κ3) is 2.05. The fourth-order valence-corrected chi connectivity index (χ4v) is 4.25. The van der Waals surface area contributed by atoms with E-state index in [9.17, 15) is 5.26 Å². The summed E-state index contributed by atoms with van der Waals surface area (Å²) in [5, 5.41) is 9.72. The van der Waals surface area contributed by atoms with E-state index in [0.29, 0.717) is 23.5 Å². The van der Waals surface area contributed by atoms with Gasteiger partial charge in [0.15, 0.2) is 0 Å². The van der Waals surface area contributed by atoms with Crippen LogP contribution in [0.25, 0.3) is 17.2 Å². The molecule has 4 nitrogen and oxygen atoms in total. The van der Waals surface area contributed by atoms with Gasteiger partial charge in [-0.25, -0.2) is 4.98 Å². The summed E-state index contributed by atoms with van der Waals surface area (Å²) in [7, 11) is 2.18. The van der Waals surface area contributed by atoms with Crippen LogP contribution in [0.1, 0.15) is 41.3 Å². The minimum atomic E-state index is 0.321. The molecule has 0 aliphatic carbocycles. The van der Waals surface area contributed by atoms with E-state index >= 15 is 0 Å². The summed E-state index contributed by atoms with van der Waals surface area (Å²) < 4.78 is 0. The Labute approximate surface area is 142 Å². The number of nitrogens with zero attached hydrogens (tertiary/aromatic N) is 3. The van der Waals surface area contributed by atoms with E-state index in [4.69, 9.17) is 5.73 Å². The topological polar surface area (TPSA) is 65.9 Å². The second kappa shape index (κ2) is 5.47. The van der Waals surface area contributed by atoms with Crippen molar-refractivity contribution in [1.29, 1.82) is 5.26 Å². The van der Waals surface area contributed by atoms with Crippen LogP contribution in [0.3, 0.4) is 0 Å². The summed E-state index contributed by atoms with van der Waals surface area (Å²) in [6.45, 7) is 3.85. The lowest BCUT2D eigenvalue weighted by Crippen LogP contribution is -2.35. The largest absolute Gasteiger partial charge is 0.383 e. The van der Waals surface area contributed by atoms with E-state index in [1.54, 1.807) is 0 Å². The fraction of sp³-hybridized carbons (Fsp3) is 0.300. The molecule has 4 heteroatoms. The Morgan fingerprint density at radius 3 is 3.00 bits per heavy atom. The molecule has 2 aromatic rings. The molecule has 2 atom stereocenters. The quantitative estimate of drug-likeness (QED) is 0.920. The van der Waals surface area contributed by atoms with Gasteiger partial charge < -0.3 is 5.73 Å². The van der Waals surface area contributed by atoms with E-state index in [1.807, 2.05) is 24.3 Å². The highest BCUT2D eigenvalue weighted by atomic mass is 15.2. The molecule has 2 aliphatic rings. The molecule has 4 rings (SSSR count). The monoisotopic (exact) mass is 316 g/mol. The van der Waals surface area contributed by atoms with Crippen molar-refractivity contribution in [2.75, 3.05) is 12.8 Å². The number of nitrogen functional groups attached to an aromatic ring is 1. The number of nitrogens with two attached hydrogens (primary N) is 1.